The van der Waals surface area contributed by atoms with Gasteiger partial charge >= 0.3 is 11.9 Å². The summed E-state index contributed by atoms with van der Waals surface area (Å²) in [5.74, 6) is -1.95. The lowest BCUT2D eigenvalue weighted by Crippen LogP contribution is -2.43. The van der Waals surface area contributed by atoms with Crippen LogP contribution in [-0.4, -0.2) is 59.5 Å². The molecule has 2 atom stereocenters. The van der Waals surface area contributed by atoms with Crippen molar-refractivity contribution in [3.05, 3.63) is 0 Å². The molecule has 0 aromatic heterocycles. The lowest BCUT2D eigenvalue weighted by Gasteiger charge is -2.21. The molecule has 0 aliphatic rings. The quantitative estimate of drug-likeness (QED) is 0.439. The molecule has 0 spiro atoms. The molecular weight excluding hydrogens is 290 g/mol. The molecule has 1 N–H and O–H groups in total. The molecule has 0 aromatic rings. The van der Waals surface area contributed by atoms with Crippen LogP contribution in [0.2, 0.25) is 0 Å². The highest BCUT2D eigenvalue weighted by Gasteiger charge is 2.28. The fourth-order valence-corrected chi connectivity index (χ4v) is 1.76. The summed E-state index contributed by atoms with van der Waals surface area (Å²) >= 11 is 0. The van der Waals surface area contributed by atoms with Gasteiger partial charge in [0, 0.05) is 6.04 Å². The molecule has 118 valence electrons. The van der Waals surface area contributed by atoms with Gasteiger partial charge in [0.15, 0.2) is 0 Å². The highest BCUT2D eigenvalue weighted by molar-refractivity contribution is 7.85. The van der Waals surface area contributed by atoms with Crippen molar-refractivity contribution >= 4 is 22.1 Å². The van der Waals surface area contributed by atoms with E-state index in [9.17, 15) is 18.0 Å². The maximum atomic E-state index is 11.6. The van der Waals surface area contributed by atoms with E-state index in [2.05, 4.69) is 14.2 Å². The molecule has 0 saturated carbocycles. The Hall–Kier alpha value is -1.19. The minimum Gasteiger partial charge on any atom is -0.469 e. The average Bonchev–Trinajstić information content (AvgIpc) is 2.35. The number of hydrogen-bond acceptors (Lipinski definition) is 8. The Labute approximate surface area is 118 Å². The zero-order chi connectivity index (χ0) is 15.8. The van der Waals surface area contributed by atoms with E-state index < -0.39 is 34.0 Å². The molecule has 0 bridgehead atoms. The average molecular weight is 311 g/mol. The zero-order valence-corrected chi connectivity index (χ0v) is 12.9. The molecule has 0 fully saturated rings. The van der Waals surface area contributed by atoms with E-state index in [0.29, 0.717) is 0 Å². The van der Waals surface area contributed by atoms with Gasteiger partial charge in [-0.1, -0.05) is 0 Å². The number of rotatable bonds is 9. The van der Waals surface area contributed by atoms with Crippen molar-refractivity contribution in [1.29, 1.82) is 0 Å². The van der Waals surface area contributed by atoms with Gasteiger partial charge in [-0.05, 0) is 13.8 Å². The summed E-state index contributed by atoms with van der Waals surface area (Å²) in [5, 5.41) is 2.77. The van der Waals surface area contributed by atoms with Gasteiger partial charge in [-0.2, -0.15) is 8.42 Å². The summed E-state index contributed by atoms with van der Waals surface area (Å²) in [6, 6.07) is -0.520. The number of esters is 2. The smallest absolute Gasteiger partial charge is 0.319 e. The molecule has 0 aliphatic carbocycles. The Kier molecular flexibility index (Phi) is 8.35. The van der Waals surface area contributed by atoms with Crippen LogP contribution in [0, 0.1) is 5.92 Å². The third-order valence-corrected chi connectivity index (χ3v) is 3.01. The lowest BCUT2D eigenvalue weighted by atomic mass is 10.0. The monoisotopic (exact) mass is 311 g/mol. The van der Waals surface area contributed by atoms with Crippen LogP contribution < -0.4 is 5.32 Å². The maximum absolute atomic E-state index is 11.6. The summed E-state index contributed by atoms with van der Waals surface area (Å²) in [6.45, 7) is 3.10. The minimum absolute atomic E-state index is 0.0959. The molecule has 0 heterocycles. The lowest BCUT2D eigenvalue weighted by molar-refractivity contribution is -0.148. The summed E-state index contributed by atoms with van der Waals surface area (Å²) in [6.07, 6.45) is 0.887. The molecule has 0 aromatic carbocycles. The fraction of sp³-hybridized carbons (Fsp3) is 0.818. The molecule has 0 rings (SSSR count). The Morgan fingerprint density at radius 2 is 1.90 bits per heavy atom. The fourth-order valence-electron chi connectivity index (χ4n) is 1.36. The second-order valence-electron chi connectivity index (χ2n) is 4.09. The summed E-state index contributed by atoms with van der Waals surface area (Å²) in [5.41, 5.74) is 0. The molecule has 0 radical (unpaired) electrons. The molecule has 0 amide bonds. The van der Waals surface area contributed by atoms with Gasteiger partial charge < -0.3 is 14.8 Å². The van der Waals surface area contributed by atoms with Crippen LogP contribution in [0.25, 0.3) is 0 Å². The standard InChI is InChI=1S/C11H21NO7S/c1-5-18-10(13)6-12-8(2)9(11(14)17-3)7-19-20(4,15)16/h8-9,12H,5-7H2,1-4H3/t8?,9-/m0/s1. The molecule has 0 saturated heterocycles. The Balaban J connectivity index is 4.53. The van der Waals surface area contributed by atoms with Gasteiger partial charge in [-0.3, -0.25) is 13.8 Å². The van der Waals surface area contributed by atoms with Crippen molar-refractivity contribution in [3.63, 3.8) is 0 Å². The van der Waals surface area contributed by atoms with E-state index in [1.54, 1.807) is 13.8 Å². The van der Waals surface area contributed by atoms with E-state index in [1.165, 1.54) is 7.11 Å². The van der Waals surface area contributed by atoms with E-state index >= 15 is 0 Å². The normalized spacial score (nSPS) is 14.4. The Bertz CT molecular complexity index is 420. The number of nitrogens with one attached hydrogen (secondary N) is 1. The van der Waals surface area contributed by atoms with Crippen molar-refractivity contribution in [3.8, 4) is 0 Å². The van der Waals surface area contributed by atoms with Crippen LogP contribution in [0.1, 0.15) is 13.8 Å². The highest BCUT2D eigenvalue weighted by atomic mass is 32.2. The van der Waals surface area contributed by atoms with Crippen molar-refractivity contribution in [2.75, 3.05) is 33.1 Å². The Morgan fingerprint density at radius 3 is 2.35 bits per heavy atom. The number of carbonyl (C=O) groups excluding carboxylic acids is 2. The van der Waals surface area contributed by atoms with Crippen LogP contribution in [0.15, 0.2) is 0 Å². The second-order valence-corrected chi connectivity index (χ2v) is 5.74. The number of hydrogen-bond donors (Lipinski definition) is 1. The van der Waals surface area contributed by atoms with Gasteiger partial charge in [-0.25, -0.2) is 0 Å². The largest absolute Gasteiger partial charge is 0.469 e. The first-order valence-electron chi connectivity index (χ1n) is 6.02. The third-order valence-electron chi connectivity index (χ3n) is 2.44. The maximum Gasteiger partial charge on any atom is 0.319 e. The predicted molar refractivity (Wildman–Crippen MR) is 70.4 cm³/mol. The number of ether oxygens (including phenoxy) is 2. The van der Waals surface area contributed by atoms with Gasteiger partial charge in [0.2, 0.25) is 0 Å². The van der Waals surface area contributed by atoms with Crippen LogP contribution in [-0.2, 0) is 33.4 Å². The van der Waals surface area contributed by atoms with E-state index in [1.807, 2.05) is 0 Å². The molecule has 9 heteroatoms. The van der Waals surface area contributed by atoms with Crippen LogP contribution in [0.5, 0.6) is 0 Å². The summed E-state index contributed by atoms with van der Waals surface area (Å²) < 4.78 is 35.8. The van der Waals surface area contributed by atoms with Crippen molar-refractivity contribution in [1.82, 2.24) is 5.32 Å². The topological polar surface area (TPSA) is 108 Å². The van der Waals surface area contributed by atoms with Crippen LogP contribution in [0.4, 0.5) is 0 Å². The van der Waals surface area contributed by atoms with Gasteiger partial charge in [0.25, 0.3) is 10.1 Å². The zero-order valence-electron chi connectivity index (χ0n) is 12.0. The molecule has 8 nitrogen and oxygen atoms in total. The van der Waals surface area contributed by atoms with E-state index in [4.69, 9.17) is 4.74 Å². The first-order chi connectivity index (χ1) is 9.21. The number of methoxy groups -OCH3 is 1. The first-order valence-corrected chi connectivity index (χ1v) is 7.84. The summed E-state index contributed by atoms with van der Waals surface area (Å²) in [4.78, 5) is 22.8. The van der Waals surface area contributed by atoms with E-state index in [0.717, 1.165) is 6.26 Å². The molecular formula is C11H21NO7S. The number of carbonyl (C=O) groups is 2. The van der Waals surface area contributed by atoms with Crippen LogP contribution >= 0.6 is 0 Å². The molecule has 0 aliphatic heterocycles. The predicted octanol–water partition coefficient (Wildman–Crippen LogP) is -0.707. The second kappa shape index (κ2) is 8.88. The molecule has 1 unspecified atom stereocenters. The SMILES string of the molecule is CCOC(=O)CNC(C)[C@H](COS(C)(=O)=O)C(=O)OC. The highest BCUT2D eigenvalue weighted by Crippen LogP contribution is 2.08. The van der Waals surface area contributed by atoms with Crippen LogP contribution in [0.3, 0.4) is 0 Å². The van der Waals surface area contributed by atoms with Gasteiger partial charge in [-0.15, -0.1) is 0 Å². The molecule has 20 heavy (non-hydrogen) atoms. The first kappa shape index (κ1) is 18.8. The van der Waals surface area contributed by atoms with Gasteiger partial charge in [0.05, 0.1) is 39.0 Å². The third kappa shape index (κ3) is 8.08. The Morgan fingerprint density at radius 1 is 1.30 bits per heavy atom. The van der Waals surface area contributed by atoms with Crippen molar-refractivity contribution in [2.45, 2.75) is 19.9 Å². The van der Waals surface area contributed by atoms with Crippen molar-refractivity contribution in [2.24, 2.45) is 5.92 Å². The van der Waals surface area contributed by atoms with Crippen molar-refractivity contribution < 1.29 is 31.7 Å². The van der Waals surface area contributed by atoms with E-state index in [-0.39, 0.29) is 19.8 Å². The minimum atomic E-state index is -3.66. The summed E-state index contributed by atoms with van der Waals surface area (Å²) in [7, 11) is -2.47. The van der Waals surface area contributed by atoms with Gasteiger partial charge in [0.1, 0.15) is 0 Å².